The molecule has 0 amide bonds. The minimum absolute atomic E-state index is 0.243. The van der Waals surface area contributed by atoms with Gasteiger partial charge in [0.2, 0.25) is 0 Å². The molecule has 1 rings (SSSR count). The summed E-state index contributed by atoms with van der Waals surface area (Å²) in [6.45, 7) is 4.66. The highest BCUT2D eigenvalue weighted by Gasteiger charge is 2.15. The molecule has 0 aliphatic carbocycles. The quantitative estimate of drug-likeness (QED) is 0.806. The summed E-state index contributed by atoms with van der Waals surface area (Å²) in [4.78, 5) is 26.8. The van der Waals surface area contributed by atoms with E-state index in [0.717, 1.165) is 0 Å². The highest BCUT2D eigenvalue weighted by atomic mass is 16.6. The molecule has 0 fully saturated rings. The van der Waals surface area contributed by atoms with Crippen molar-refractivity contribution in [2.24, 2.45) is 0 Å². The predicted octanol–water partition coefficient (Wildman–Crippen LogP) is 1.08. The minimum Gasteiger partial charge on any atom is -0.460 e. The van der Waals surface area contributed by atoms with E-state index in [-0.39, 0.29) is 11.7 Å². The molecular weight excluding hydrogens is 236 g/mol. The van der Waals surface area contributed by atoms with Gasteiger partial charge in [-0.2, -0.15) is 0 Å². The van der Waals surface area contributed by atoms with Crippen LogP contribution in [0.25, 0.3) is 0 Å². The van der Waals surface area contributed by atoms with Gasteiger partial charge < -0.3 is 15.2 Å². The summed E-state index contributed by atoms with van der Waals surface area (Å²) < 4.78 is 9.65. The van der Waals surface area contributed by atoms with E-state index < -0.39 is 18.5 Å². The summed E-state index contributed by atoms with van der Waals surface area (Å²) in [6, 6.07) is 1.46. The van der Waals surface area contributed by atoms with Crippen LogP contribution in [-0.4, -0.2) is 29.6 Å². The third kappa shape index (κ3) is 4.04. The van der Waals surface area contributed by atoms with Crippen molar-refractivity contribution in [3.8, 4) is 0 Å². The molecule has 0 aliphatic rings. The molecular formula is C12H16N2O4. The van der Waals surface area contributed by atoms with E-state index in [1.54, 1.807) is 20.8 Å². The van der Waals surface area contributed by atoms with E-state index in [9.17, 15) is 9.59 Å². The Labute approximate surface area is 105 Å². The standard InChI is InChI=1S/C12H16N2O4/c1-7(2)18-11(15)6-17-12(16)10-4-9(13)5-14-8(10)3/h4-5,7H,6,13H2,1-3H3. The molecule has 0 bridgehead atoms. The molecule has 0 aliphatic heterocycles. The fraction of sp³-hybridized carbons (Fsp3) is 0.417. The summed E-state index contributed by atoms with van der Waals surface area (Å²) in [6.07, 6.45) is 1.20. The number of carbonyl (C=O) groups excluding carboxylic acids is 2. The second-order valence-corrected chi connectivity index (χ2v) is 4.02. The zero-order valence-electron chi connectivity index (χ0n) is 10.6. The largest absolute Gasteiger partial charge is 0.460 e. The van der Waals surface area contributed by atoms with Crippen LogP contribution in [0.2, 0.25) is 0 Å². The maximum atomic E-state index is 11.7. The van der Waals surface area contributed by atoms with Gasteiger partial charge >= 0.3 is 11.9 Å². The van der Waals surface area contributed by atoms with Crippen molar-refractivity contribution in [2.75, 3.05) is 12.3 Å². The van der Waals surface area contributed by atoms with Gasteiger partial charge in [0.25, 0.3) is 0 Å². The lowest BCUT2D eigenvalue weighted by atomic mass is 10.2. The lowest BCUT2D eigenvalue weighted by Crippen LogP contribution is -2.20. The van der Waals surface area contributed by atoms with Crippen LogP contribution in [0.5, 0.6) is 0 Å². The van der Waals surface area contributed by atoms with E-state index in [2.05, 4.69) is 4.98 Å². The number of esters is 2. The lowest BCUT2D eigenvalue weighted by Gasteiger charge is -2.09. The average molecular weight is 252 g/mol. The van der Waals surface area contributed by atoms with Crippen molar-refractivity contribution >= 4 is 17.6 Å². The third-order valence-corrected chi connectivity index (χ3v) is 2.02. The molecule has 0 saturated carbocycles. The molecule has 1 aromatic rings. The molecule has 2 N–H and O–H groups in total. The van der Waals surface area contributed by atoms with Crippen molar-refractivity contribution in [1.82, 2.24) is 4.98 Å². The molecule has 98 valence electrons. The zero-order valence-corrected chi connectivity index (χ0v) is 10.6. The normalized spacial score (nSPS) is 10.2. The van der Waals surface area contributed by atoms with E-state index in [1.165, 1.54) is 12.3 Å². The lowest BCUT2D eigenvalue weighted by molar-refractivity contribution is -0.150. The van der Waals surface area contributed by atoms with Crippen molar-refractivity contribution in [2.45, 2.75) is 26.9 Å². The molecule has 0 spiro atoms. The van der Waals surface area contributed by atoms with Crippen molar-refractivity contribution in [3.63, 3.8) is 0 Å². The maximum absolute atomic E-state index is 11.7. The average Bonchev–Trinajstić information content (AvgIpc) is 2.28. The fourth-order valence-electron chi connectivity index (χ4n) is 1.26. The van der Waals surface area contributed by atoms with Gasteiger partial charge in [0.15, 0.2) is 6.61 Å². The molecule has 1 heterocycles. The number of hydrogen-bond acceptors (Lipinski definition) is 6. The number of carbonyl (C=O) groups is 2. The molecule has 6 heteroatoms. The van der Waals surface area contributed by atoms with Crippen LogP contribution in [0.15, 0.2) is 12.3 Å². The zero-order chi connectivity index (χ0) is 13.7. The summed E-state index contributed by atoms with van der Waals surface area (Å²) in [7, 11) is 0. The van der Waals surface area contributed by atoms with Crippen LogP contribution < -0.4 is 5.73 Å². The third-order valence-electron chi connectivity index (χ3n) is 2.02. The molecule has 6 nitrogen and oxygen atoms in total. The first-order valence-electron chi connectivity index (χ1n) is 5.49. The Bertz CT molecular complexity index is 457. The van der Waals surface area contributed by atoms with Gasteiger partial charge in [0.05, 0.1) is 29.2 Å². The van der Waals surface area contributed by atoms with Crippen LogP contribution in [-0.2, 0) is 14.3 Å². The summed E-state index contributed by atoms with van der Waals surface area (Å²) in [5.74, 6) is -1.24. The van der Waals surface area contributed by atoms with Crippen LogP contribution >= 0.6 is 0 Å². The first kappa shape index (κ1) is 14.0. The molecule has 0 radical (unpaired) electrons. The smallest absolute Gasteiger partial charge is 0.344 e. The number of hydrogen-bond donors (Lipinski definition) is 1. The second-order valence-electron chi connectivity index (χ2n) is 4.02. The molecule has 1 aromatic heterocycles. The number of nitrogen functional groups attached to an aromatic ring is 1. The Morgan fingerprint density at radius 3 is 2.72 bits per heavy atom. The van der Waals surface area contributed by atoms with Gasteiger partial charge in [-0.15, -0.1) is 0 Å². The first-order chi connectivity index (χ1) is 8.40. The van der Waals surface area contributed by atoms with E-state index in [1.807, 2.05) is 0 Å². The highest BCUT2D eigenvalue weighted by Crippen LogP contribution is 2.10. The Kier molecular flexibility index (Phi) is 4.65. The number of rotatable bonds is 4. The first-order valence-corrected chi connectivity index (χ1v) is 5.49. The van der Waals surface area contributed by atoms with Gasteiger partial charge in [-0.25, -0.2) is 9.59 Å². The maximum Gasteiger partial charge on any atom is 0.344 e. The highest BCUT2D eigenvalue weighted by molar-refractivity contribution is 5.92. The number of anilines is 1. The SMILES string of the molecule is Cc1ncc(N)cc1C(=O)OCC(=O)OC(C)C. The van der Waals surface area contributed by atoms with E-state index >= 15 is 0 Å². The van der Waals surface area contributed by atoms with Gasteiger partial charge in [-0.3, -0.25) is 4.98 Å². The topological polar surface area (TPSA) is 91.5 Å². The number of pyridine rings is 1. The van der Waals surface area contributed by atoms with E-state index in [4.69, 9.17) is 15.2 Å². The summed E-state index contributed by atoms with van der Waals surface area (Å²) in [5, 5.41) is 0. The summed E-state index contributed by atoms with van der Waals surface area (Å²) >= 11 is 0. The molecule has 18 heavy (non-hydrogen) atoms. The molecule has 0 atom stereocenters. The van der Waals surface area contributed by atoms with E-state index in [0.29, 0.717) is 11.4 Å². The Balaban J connectivity index is 2.60. The minimum atomic E-state index is -0.645. The monoisotopic (exact) mass is 252 g/mol. The molecule has 0 aromatic carbocycles. The number of aromatic nitrogens is 1. The fourth-order valence-corrected chi connectivity index (χ4v) is 1.26. The van der Waals surface area contributed by atoms with Gasteiger partial charge in [0.1, 0.15) is 0 Å². The Morgan fingerprint density at radius 1 is 1.44 bits per heavy atom. The number of nitrogens with zero attached hydrogens (tertiary/aromatic N) is 1. The predicted molar refractivity (Wildman–Crippen MR) is 64.9 cm³/mol. The number of aryl methyl sites for hydroxylation is 1. The van der Waals surface area contributed by atoms with Crippen LogP contribution in [0.4, 0.5) is 5.69 Å². The number of ether oxygens (including phenoxy) is 2. The second kappa shape index (κ2) is 6.00. The van der Waals surface area contributed by atoms with Gasteiger partial charge in [0, 0.05) is 0 Å². The van der Waals surface area contributed by atoms with Gasteiger partial charge in [-0.05, 0) is 26.8 Å². The van der Waals surface area contributed by atoms with Crippen LogP contribution in [0.1, 0.15) is 29.9 Å². The van der Waals surface area contributed by atoms with Gasteiger partial charge in [-0.1, -0.05) is 0 Å². The molecule has 0 unspecified atom stereocenters. The van der Waals surface area contributed by atoms with Crippen LogP contribution in [0.3, 0.4) is 0 Å². The van der Waals surface area contributed by atoms with Crippen LogP contribution in [0, 0.1) is 6.92 Å². The van der Waals surface area contributed by atoms with Crippen molar-refractivity contribution in [3.05, 3.63) is 23.5 Å². The Hall–Kier alpha value is -2.11. The number of nitrogens with two attached hydrogens (primary N) is 1. The Morgan fingerprint density at radius 2 is 2.11 bits per heavy atom. The van der Waals surface area contributed by atoms with Crippen molar-refractivity contribution in [1.29, 1.82) is 0 Å². The van der Waals surface area contributed by atoms with Crippen molar-refractivity contribution < 1.29 is 19.1 Å². The molecule has 0 saturated heterocycles. The summed E-state index contributed by atoms with van der Waals surface area (Å²) in [5.41, 5.74) is 6.62.